The molecule has 0 spiro atoms. The molecule has 1 aromatic heterocycles. The molecule has 0 aliphatic heterocycles. The van der Waals surface area contributed by atoms with Crippen molar-refractivity contribution in [2.75, 3.05) is 6.54 Å². The fourth-order valence-electron chi connectivity index (χ4n) is 2.05. The van der Waals surface area contributed by atoms with Gasteiger partial charge in [0, 0.05) is 6.54 Å². The fourth-order valence-corrected chi connectivity index (χ4v) is 5.31. The number of aliphatic hydroxyl groups is 1. The van der Waals surface area contributed by atoms with Gasteiger partial charge in [0.25, 0.3) is 0 Å². The van der Waals surface area contributed by atoms with Crippen molar-refractivity contribution < 1.29 is 13.5 Å². The predicted molar refractivity (Wildman–Crippen MR) is 72.9 cm³/mol. The Balaban J connectivity index is 2.02. The SMILES string of the molecule is O=S(=O)(NCC1CCC(O)C1)c1cc(Cl)sc1Cl. The van der Waals surface area contributed by atoms with Crippen LogP contribution in [0.25, 0.3) is 0 Å². The summed E-state index contributed by atoms with van der Waals surface area (Å²) in [5.41, 5.74) is 0. The molecule has 1 fully saturated rings. The normalized spacial score (nSPS) is 24.6. The van der Waals surface area contributed by atoms with Crippen LogP contribution < -0.4 is 4.72 Å². The van der Waals surface area contributed by atoms with Crippen molar-refractivity contribution in [1.29, 1.82) is 0 Å². The number of rotatable bonds is 4. The maximum atomic E-state index is 12.0. The van der Waals surface area contributed by atoms with E-state index in [1.165, 1.54) is 6.07 Å². The van der Waals surface area contributed by atoms with E-state index in [9.17, 15) is 13.5 Å². The van der Waals surface area contributed by atoms with Crippen LogP contribution >= 0.6 is 34.5 Å². The van der Waals surface area contributed by atoms with Crippen molar-refractivity contribution in [3.05, 3.63) is 14.7 Å². The zero-order valence-corrected chi connectivity index (χ0v) is 12.5. The average Bonchev–Trinajstić information content (AvgIpc) is 2.82. The summed E-state index contributed by atoms with van der Waals surface area (Å²) >= 11 is 12.6. The van der Waals surface area contributed by atoms with Crippen LogP contribution in [0.3, 0.4) is 0 Å². The molecule has 2 atom stereocenters. The number of nitrogens with one attached hydrogen (secondary N) is 1. The molecule has 18 heavy (non-hydrogen) atoms. The molecule has 2 rings (SSSR count). The molecule has 1 heterocycles. The summed E-state index contributed by atoms with van der Waals surface area (Å²) in [6, 6.07) is 1.35. The van der Waals surface area contributed by atoms with Gasteiger partial charge in [-0.25, -0.2) is 13.1 Å². The van der Waals surface area contributed by atoms with Gasteiger partial charge in [0.15, 0.2) is 0 Å². The second kappa shape index (κ2) is 5.64. The lowest BCUT2D eigenvalue weighted by Crippen LogP contribution is -2.28. The highest BCUT2D eigenvalue weighted by molar-refractivity contribution is 7.89. The van der Waals surface area contributed by atoms with Crippen LogP contribution in [0.5, 0.6) is 0 Å². The third-order valence-electron chi connectivity index (χ3n) is 2.99. The predicted octanol–water partition coefficient (Wildman–Crippen LogP) is 2.49. The second-order valence-corrected chi connectivity index (χ2v) is 8.39. The third-order valence-corrected chi connectivity index (χ3v) is 6.17. The van der Waals surface area contributed by atoms with Crippen molar-refractivity contribution >= 4 is 44.6 Å². The first-order valence-electron chi connectivity index (χ1n) is 5.51. The van der Waals surface area contributed by atoms with Crippen LogP contribution in [0.1, 0.15) is 19.3 Å². The van der Waals surface area contributed by atoms with Gasteiger partial charge in [0.2, 0.25) is 10.0 Å². The summed E-state index contributed by atoms with van der Waals surface area (Å²) in [6.07, 6.45) is 1.90. The molecule has 102 valence electrons. The highest BCUT2D eigenvalue weighted by Crippen LogP contribution is 2.34. The Morgan fingerprint density at radius 2 is 2.17 bits per heavy atom. The maximum Gasteiger partial charge on any atom is 0.242 e. The van der Waals surface area contributed by atoms with E-state index < -0.39 is 10.0 Å². The first-order chi connectivity index (χ1) is 8.38. The van der Waals surface area contributed by atoms with Crippen LogP contribution in [-0.2, 0) is 10.0 Å². The molecule has 0 saturated heterocycles. The first kappa shape index (κ1) is 14.6. The van der Waals surface area contributed by atoms with E-state index in [0.29, 0.717) is 17.3 Å². The lowest BCUT2D eigenvalue weighted by atomic mass is 10.1. The van der Waals surface area contributed by atoms with Gasteiger partial charge in [-0.1, -0.05) is 23.2 Å². The Morgan fingerprint density at radius 1 is 1.44 bits per heavy atom. The molecular formula is C10H13Cl2NO3S2. The first-order valence-corrected chi connectivity index (χ1v) is 8.56. The second-order valence-electron chi connectivity index (χ2n) is 4.37. The minimum atomic E-state index is -3.61. The van der Waals surface area contributed by atoms with E-state index in [-0.39, 0.29) is 21.3 Å². The number of aliphatic hydroxyl groups excluding tert-OH is 1. The van der Waals surface area contributed by atoms with Gasteiger partial charge in [0.05, 0.1) is 10.4 Å². The van der Waals surface area contributed by atoms with E-state index in [0.717, 1.165) is 24.2 Å². The lowest BCUT2D eigenvalue weighted by molar-refractivity contribution is 0.178. The molecular weight excluding hydrogens is 317 g/mol. The van der Waals surface area contributed by atoms with Crippen LogP contribution in [0.4, 0.5) is 0 Å². The number of halogens is 2. The van der Waals surface area contributed by atoms with Gasteiger partial charge in [-0.2, -0.15) is 0 Å². The summed E-state index contributed by atoms with van der Waals surface area (Å²) in [5, 5.41) is 9.38. The molecule has 1 aliphatic carbocycles. The standard InChI is InChI=1S/C10H13Cl2NO3S2/c11-9-4-8(10(12)17-9)18(15,16)13-5-6-1-2-7(14)3-6/h4,6-7,13-14H,1-3,5H2. The third kappa shape index (κ3) is 3.37. The summed E-state index contributed by atoms with van der Waals surface area (Å²) in [4.78, 5) is 0.0257. The van der Waals surface area contributed by atoms with Crippen LogP contribution in [0, 0.1) is 5.92 Å². The maximum absolute atomic E-state index is 12.0. The summed E-state index contributed by atoms with van der Waals surface area (Å²) < 4.78 is 27.0. The molecule has 2 N–H and O–H groups in total. The monoisotopic (exact) mass is 329 g/mol. The fraction of sp³-hybridized carbons (Fsp3) is 0.600. The van der Waals surface area contributed by atoms with Crippen molar-refractivity contribution in [3.8, 4) is 0 Å². The molecule has 0 aromatic carbocycles. The van der Waals surface area contributed by atoms with Crippen molar-refractivity contribution in [2.45, 2.75) is 30.3 Å². The number of hydrogen-bond donors (Lipinski definition) is 2. The smallest absolute Gasteiger partial charge is 0.242 e. The van der Waals surface area contributed by atoms with Crippen LogP contribution in [0.15, 0.2) is 11.0 Å². The van der Waals surface area contributed by atoms with E-state index in [1.54, 1.807) is 0 Å². The van der Waals surface area contributed by atoms with E-state index in [1.807, 2.05) is 0 Å². The van der Waals surface area contributed by atoms with Gasteiger partial charge in [-0.05, 0) is 31.2 Å². The molecule has 2 unspecified atom stereocenters. The molecule has 1 aliphatic rings. The highest BCUT2D eigenvalue weighted by atomic mass is 35.5. The van der Waals surface area contributed by atoms with Gasteiger partial charge in [-0.15, -0.1) is 11.3 Å². The van der Waals surface area contributed by atoms with Gasteiger partial charge in [-0.3, -0.25) is 0 Å². The molecule has 0 bridgehead atoms. The largest absolute Gasteiger partial charge is 0.393 e. The van der Waals surface area contributed by atoms with Gasteiger partial charge < -0.3 is 5.11 Å². The Morgan fingerprint density at radius 3 is 2.67 bits per heavy atom. The van der Waals surface area contributed by atoms with Crippen LogP contribution in [0.2, 0.25) is 8.67 Å². The van der Waals surface area contributed by atoms with Gasteiger partial charge >= 0.3 is 0 Å². The molecule has 8 heteroatoms. The lowest BCUT2D eigenvalue weighted by Gasteiger charge is -2.10. The summed E-state index contributed by atoms with van der Waals surface area (Å²) in [5.74, 6) is 0.183. The average molecular weight is 330 g/mol. The van der Waals surface area contributed by atoms with Gasteiger partial charge in [0.1, 0.15) is 9.23 Å². The Bertz CT molecular complexity index is 529. The molecule has 4 nitrogen and oxygen atoms in total. The Hall–Kier alpha value is 0.150. The van der Waals surface area contributed by atoms with Crippen molar-refractivity contribution in [3.63, 3.8) is 0 Å². The molecule has 1 saturated carbocycles. The topological polar surface area (TPSA) is 66.4 Å². The summed E-state index contributed by atoms with van der Waals surface area (Å²) in [7, 11) is -3.61. The zero-order chi connectivity index (χ0) is 13.3. The summed E-state index contributed by atoms with van der Waals surface area (Å²) in [6.45, 7) is 0.323. The zero-order valence-electron chi connectivity index (χ0n) is 9.40. The van der Waals surface area contributed by atoms with Crippen LogP contribution in [-0.4, -0.2) is 26.2 Å². The van der Waals surface area contributed by atoms with Crippen molar-refractivity contribution in [1.82, 2.24) is 4.72 Å². The minimum absolute atomic E-state index is 0.0257. The minimum Gasteiger partial charge on any atom is -0.393 e. The van der Waals surface area contributed by atoms with Crippen molar-refractivity contribution in [2.24, 2.45) is 5.92 Å². The number of sulfonamides is 1. The molecule has 1 aromatic rings. The number of thiophene rings is 1. The molecule has 0 radical (unpaired) electrons. The van der Waals surface area contributed by atoms with E-state index in [4.69, 9.17) is 23.2 Å². The van der Waals surface area contributed by atoms with E-state index in [2.05, 4.69) is 4.72 Å². The molecule has 0 amide bonds. The quantitative estimate of drug-likeness (QED) is 0.891. The highest BCUT2D eigenvalue weighted by Gasteiger charge is 2.26. The Labute approximate surface area is 120 Å². The van der Waals surface area contributed by atoms with E-state index >= 15 is 0 Å². The Kier molecular flexibility index (Phi) is 4.57. The number of hydrogen-bond acceptors (Lipinski definition) is 4.